The van der Waals surface area contributed by atoms with Crippen molar-refractivity contribution in [2.45, 2.75) is 33.7 Å². The summed E-state index contributed by atoms with van der Waals surface area (Å²) in [6.07, 6.45) is 8.72. The number of hydrogen-bond acceptors (Lipinski definition) is 1. The van der Waals surface area contributed by atoms with E-state index in [0.717, 1.165) is 13.1 Å². The molecule has 0 saturated heterocycles. The molecule has 14 heavy (non-hydrogen) atoms. The van der Waals surface area contributed by atoms with E-state index in [2.05, 4.69) is 56.9 Å². The van der Waals surface area contributed by atoms with Crippen LogP contribution in [0.1, 0.15) is 27.7 Å². The summed E-state index contributed by atoms with van der Waals surface area (Å²) in [4.78, 5) is 2.49. The van der Waals surface area contributed by atoms with E-state index in [4.69, 9.17) is 0 Å². The second-order valence-corrected chi connectivity index (χ2v) is 4.05. The van der Waals surface area contributed by atoms with Gasteiger partial charge in [0.25, 0.3) is 0 Å². The number of hydrogen-bond donors (Lipinski definition) is 0. The molecule has 1 rings (SSSR count). The van der Waals surface area contributed by atoms with Crippen LogP contribution in [0.25, 0.3) is 0 Å². The van der Waals surface area contributed by atoms with Crippen LogP contribution in [0.5, 0.6) is 0 Å². The van der Waals surface area contributed by atoms with E-state index in [1.54, 1.807) is 0 Å². The predicted molar refractivity (Wildman–Crippen MR) is 63.4 cm³/mol. The average molecular weight is 191 g/mol. The van der Waals surface area contributed by atoms with Crippen molar-refractivity contribution in [3.63, 3.8) is 0 Å². The highest BCUT2D eigenvalue weighted by Crippen LogP contribution is 2.21. The fourth-order valence-electron chi connectivity index (χ4n) is 1.78. The van der Waals surface area contributed by atoms with Gasteiger partial charge in [0.15, 0.2) is 0 Å². The molecule has 0 aromatic carbocycles. The summed E-state index contributed by atoms with van der Waals surface area (Å²) in [5.41, 5.74) is 2.94. The van der Waals surface area contributed by atoms with Crippen LogP contribution < -0.4 is 0 Å². The van der Waals surface area contributed by atoms with Crippen molar-refractivity contribution in [1.82, 2.24) is 4.90 Å². The van der Waals surface area contributed by atoms with E-state index < -0.39 is 0 Å². The molecule has 0 aromatic heterocycles. The normalized spacial score (nSPS) is 19.8. The molecule has 1 nitrogen and oxygen atoms in total. The molecular weight excluding hydrogens is 170 g/mol. The molecule has 0 aliphatic carbocycles. The van der Waals surface area contributed by atoms with Gasteiger partial charge in [0.05, 0.1) is 0 Å². The molecule has 1 heterocycles. The van der Waals surface area contributed by atoms with Crippen molar-refractivity contribution in [2.75, 3.05) is 13.1 Å². The number of allylic oxidation sites excluding steroid dienone is 2. The first-order chi connectivity index (χ1) is 6.69. The Hall–Kier alpha value is -0.820. The lowest BCUT2D eigenvalue weighted by Crippen LogP contribution is -2.28. The Morgan fingerprint density at radius 2 is 1.43 bits per heavy atom. The first kappa shape index (κ1) is 11.3. The number of nitrogens with zero attached hydrogens (tertiary/aromatic N) is 1. The van der Waals surface area contributed by atoms with Gasteiger partial charge in [-0.15, -0.1) is 0 Å². The van der Waals surface area contributed by atoms with E-state index in [1.807, 2.05) is 0 Å². The largest absolute Gasteiger partial charge is 0.292 e. The summed E-state index contributed by atoms with van der Waals surface area (Å²) in [5.74, 6) is 0. The van der Waals surface area contributed by atoms with E-state index in [1.165, 1.54) is 11.1 Å². The van der Waals surface area contributed by atoms with Gasteiger partial charge in [0.1, 0.15) is 0 Å². The lowest BCUT2D eigenvalue weighted by molar-refractivity contribution is 0.283. The molecule has 0 N–H and O–H groups in total. The molecule has 78 valence electrons. The van der Waals surface area contributed by atoms with Crippen LogP contribution in [-0.4, -0.2) is 24.0 Å². The van der Waals surface area contributed by atoms with Gasteiger partial charge in [-0.2, -0.15) is 0 Å². The SMILES string of the molecule is C/C=C\C1=C(/C=C\C)CN(C(C)C)C1. The van der Waals surface area contributed by atoms with Gasteiger partial charge in [0.2, 0.25) is 0 Å². The minimum Gasteiger partial charge on any atom is -0.292 e. The van der Waals surface area contributed by atoms with E-state index in [-0.39, 0.29) is 0 Å². The van der Waals surface area contributed by atoms with Crippen molar-refractivity contribution in [1.29, 1.82) is 0 Å². The Balaban J connectivity index is 2.78. The van der Waals surface area contributed by atoms with Gasteiger partial charge in [-0.3, -0.25) is 4.90 Å². The van der Waals surface area contributed by atoms with Crippen LogP contribution in [0.2, 0.25) is 0 Å². The van der Waals surface area contributed by atoms with Crippen molar-refractivity contribution < 1.29 is 0 Å². The zero-order valence-corrected chi connectivity index (χ0v) is 9.75. The van der Waals surface area contributed by atoms with E-state index in [9.17, 15) is 0 Å². The maximum atomic E-state index is 2.49. The van der Waals surface area contributed by atoms with Crippen molar-refractivity contribution in [3.8, 4) is 0 Å². The fraction of sp³-hybridized carbons (Fsp3) is 0.538. The van der Waals surface area contributed by atoms with E-state index >= 15 is 0 Å². The zero-order chi connectivity index (χ0) is 10.6. The summed E-state index contributed by atoms with van der Waals surface area (Å²) >= 11 is 0. The molecule has 0 spiro atoms. The molecule has 0 saturated carbocycles. The monoisotopic (exact) mass is 191 g/mol. The van der Waals surface area contributed by atoms with Crippen LogP contribution in [0.4, 0.5) is 0 Å². The summed E-state index contributed by atoms with van der Waals surface area (Å²) in [6.45, 7) is 10.9. The number of rotatable bonds is 3. The zero-order valence-electron chi connectivity index (χ0n) is 9.75. The van der Waals surface area contributed by atoms with Gasteiger partial charge >= 0.3 is 0 Å². The smallest absolute Gasteiger partial charge is 0.0243 e. The summed E-state index contributed by atoms with van der Waals surface area (Å²) < 4.78 is 0. The molecule has 1 heteroatoms. The molecule has 0 radical (unpaired) electrons. The lowest BCUT2D eigenvalue weighted by atomic mass is 10.1. The minimum atomic E-state index is 0.637. The van der Waals surface area contributed by atoms with Crippen LogP contribution in [0.3, 0.4) is 0 Å². The molecule has 1 aliphatic rings. The third-order valence-corrected chi connectivity index (χ3v) is 2.63. The standard InChI is InChI=1S/C13H21N/c1-5-7-12-9-14(11(3)4)10-13(12)8-6-2/h5-8,11H,9-10H2,1-4H3/b7-5-,8-6-. The van der Waals surface area contributed by atoms with Gasteiger partial charge in [-0.05, 0) is 38.8 Å². The summed E-state index contributed by atoms with van der Waals surface area (Å²) in [5, 5.41) is 0. The molecule has 0 amide bonds. The van der Waals surface area contributed by atoms with Crippen LogP contribution >= 0.6 is 0 Å². The molecule has 0 atom stereocenters. The Bertz CT molecular complexity index is 245. The highest BCUT2D eigenvalue weighted by Gasteiger charge is 2.20. The minimum absolute atomic E-state index is 0.637. The van der Waals surface area contributed by atoms with Crippen LogP contribution in [0.15, 0.2) is 35.5 Å². The maximum Gasteiger partial charge on any atom is 0.0243 e. The highest BCUT2D eigenvalue weighted by molar-refractivity contribution is 5.39. The predicted octanol–water partition coefficient (Wildman–Crippen LogP) is 3.16. The van der Waals surface area contributed by atoms with Crippen molar-refractivity contribution >= 4 is 0 Å². The molecule has 0 fully saturated rings. The van der Waals surface area contributed by atoms with Gasteiger partial charge in [-0.1, -0.05) is 24.3 Å². The lowest BCUT2D eigenvalue weighted by Gasteiger charge is -2.20. The molecule has 0 aromatic rings. The van der Waals surface area contributed by atoms with Gasteiger partial charge in [0, 0.05) is 19.1 Å². The topological polar surface area (TPSA) is 3.24 Å². The highest BCUT2D eigenvalue weighted by atomic mass is 15.2. The van der Waals surface area contributed by atoms with Crippen molar-refractivity contribution in [3.05, 3.63) is 35.5 Å². The average Bonchev–Trinajstić information content (AvgIpc) is 2.50. The summed E-state index contributed by atoms with van der Waals surface area (Å²) in [6, 6.07) is 0.637. The Labute approximate surface area is 87.8 Å². The van der Waals surface area contributed by atoms with Crippen LogP contribution in [-0.2, 0) is 0 Å². The third kappa shape index (κ3) is 2.58. The Morgan fingerprint density at radius 3 is 1.71 bits per heavy atom. The molecule has 1 aliphatic heterocycles. The molecule has 0 unspecified atom stereocenters. The summed E-state index contributed by atoms with van der Waals surface area (Å²) in [7, 11) is 0. The first-order valence-electron chi connectivity index (χ1n) is 5.40. The Morgan fingerprint density at radius 1 is 1.00 bits per heavy atom. The van der Waals surface area contributed by atoms with Crippen molar-refractivity contribution in [2.24, 2.45) is 0 Å². The maximum absolute atomic E-state index is 2.49. The van der Waals surface area contributed by atoms with Gasteiger partial charge < -0.3 is 0 Å². The van der Waals surface area contributed by atoms with Gasteiger partial charge in [-0.25, -0.2) is 0 Å². The first-order valence-corrected chi connectivity index (χ1v) is 5.40. The second kappa shape index (κ2) is 5.16. The Kier molecular flexibility index (Phi) is 4.15. The quantitative estimate of drug-likeness (QED) is 0.662. The fourth-order valence-corrected chi connectivity index (χ4v) is 1.78. The second-order valence-electron chi connectivity index (χ2n) is 4.05. The molecular formula is C13H21N. The molecule has 0 bridgehead atoms. The third-order valence-electron chi connectivity index (χ3n) is 2.63. The van der Waals surface area contributed by atoms with E-state index in [0.29, 0.717) is 6.04 Å². The van der Waals surface area contributed by atoms with Crippen LogP contribution in [0, 0.1) is 0 Å².